The lowest BCUT2D eigenvalue weighted by molar-refractivity contribution is -0.120. The normalized spacial score (nSPS) is 11.2. The summed E-state index contributed by atoms with van der Waals surface area (Å²) in [6.07, 6.45) is 1.98. The number of aromatic nitrogens is 1. The molecular formula is C27H27N3O2. The van der Waals surface area contributed by atoms with Gasteiger partial charge < -0.3 is 9.30 Å². The lowest BCUT2D eigenvalue weighted by Gasteiger charge is -2.11. The van der Waals surface area contributed by atoms with Crippen LogP contribution in [-0.4, -0.2) is 23.3 Å². The maximum Gasteiger partial charge on any atom is 0.244 e. The van der Waals surface area contributed by atoms with Gasteiger partial charge in [-0.1, -0.05) is 42.5 Å². The fraction of sp³-hybridized carbons (Fsp3) is 0.185. The van der Waals surface area contributed by atoms with Crippen LogP contribution in [0, 0.1) is 13.8 Å². The van der Waals surface area contributed by atoms with Gasteiger partial charge in [-0.2, -0.15) is 5.10 Å². The third-order valence-electron chi connectivity index (χ3n) is 5.50. The Morgan fingerprint density at radius 2 is 1.78 bits per heavy atom. The van der Waals surface area contributed by atoms with Crippen LogP contribution in [0.15, 0.2) is 77.9 Å². The van der Waals surface area contributed by atoms with Crippen LogP contribution in [0.2, 0.25) is 0 Å². The highest BCUT2D eigenvalue weighted by atomic mass is 16.5. The van der Waals surface area contributed by atoms with Crippen molar-refractivity contribution in [1.29, 1.82) is 0 Å². The van der Waals surface area contributed by atoms with Crippen molar-refractivity contribution in [3.63, 3.8) is 0 Å². The average Bonchev–Trinajstić information content (AvgIpc) is 3.08. The second-order valence-corrected chi connectivity index (χ2v) is 7.70. The van der Waals surface area contributed by atoms with Gasteiger partial charge in [-0.15, -0.1) is 0 Å². The largest absolute Gasteiger partial charge is 0.494 e. The van der Waals surface area contributed by atoms with Crippen LogP contribution in [0.5, 0.6) is 5.75 Å². The van der Waals surface area contributed by atoms with Crippen molar-refractivity contribution in [3.05, 3.63) is 95.3 Å². The summed E-state index contributed by atoms with van der Waals surface area (Å²) in [5.74, 6) is 0.715. The Labute approximate surface area is 188 Å². The van der Waals surface area contributed by atoms with E-state index in [4.69, 9.17) is 4.74 Å². The van der Waals surface area contributed by atoms with Gasteiger partial charge in [-0.3, -0.25) is 4.79 Å². The molecule has 0 aliphatic carbocycles. The number of nitrogens with one attached hydrogen (secondary N) is 1. The number of aryl methyl sites for hydroxylation is 1. The Bertz CT molecular complexity index is 1260. The van der Waals surface area contributed by atoms with E-state index >= 15 is 0 Å². The molecule has 32 heavy (non-hydrogen) atoms. The number of carbonyl (C=O) groups is 1. The van der Waals surface area contributed by atoms with E-state index in [-0.39, 0.29) is 12.3 Å². The SMILES string of the molecule is CCOc1ccc(-n2c(C)cc(/C=N\NC(=O)Cc3cccc4ccccc34)c2C)cc1. The molecule has 162 valence electrons. The van der Waals surface area contributed by atoms with Crippen LogP contribution in [0.1, 0.15) is 29.4 Å². The minimum absolute atomic E-state index is 0.141. The lowest BCUT2D eigenvalue weighted by atomic mass is 10.0. The fourth-order valence-electron chi connectivity index (χ4n) is 4.01. The Hall–Kier alpha value is -3.86. The Balaban J connectivity index is 1.45. The number of hydrogen-bond acceptors (Lipinski definition) is 3. The maximum absolute atomic E-state index is 12.5. The summed E-state index contributed by atoms with van der Waals surface area (Å²) < 4.78 is 7.70. The van der Waals surface area contributed by atoms with Crippen LogP contribution in [0.25, 0.3) is 16.5 Å². The monoisotopic (exact) mass is 425 g/mol. The molecule has 1 amide bonds. The van der Waals surface area contributed by atoms with Gasteiger partial charge in [0.2, 0.25) is 5.91 Å². The Morgan fingerprint density at radius 1 is 1.03 bits per heavy atom. The molecule has 0 bridgehead atoms. The average molecular weight is 426 g/mol. The number of rotatable bonds is 7. The summed E-state index contributed by atoms with van der Waals surface area (Å²) in [5, 5.41) is 6.43. The third-order valence-corrected chi connectivity index (χ3v) is 5.50. The molecule has 1 N–H and O–H groups in total. The zero-order chi connectivity index (χ0) is 22.5. The molecule has 5 heteroatoms. The van der Waals surface area contributed by atoms with Crippen LogP contribution in [0.4, 0.5) is 0 Å². The predicted molar refractivity (Wildman–Crippen MR) is 130 cm³/mol. The summed E-state index contributed by atoms with van der Waals surface area (Å²) in [7, 11) is 0. The van der Waals surface area contributed by atoms with E-state index < -0.39 is 0 Å². The maximum atomic E-state index is 12.5. The van der Waals surface area contributed by atoms with Gasteiger partial charge in [0, 0.05) is 22.6 Å². The predicted octanol–water partition coefficient (Wildman–Crippen LogP) is 5.34. The first-order valence-corrected chi connectivity index (χ1v) is 10.8. The van der Waals surface area contributed by atoms with E-state index in [0.29, 0.717) is 6.61 Å². The number of nitrogens with zero attached hydrogens (tertiary/aromatic N) is 2. The Morgan fingerprint density at radius 3 is 2.56 bits per heavy atom. The van der Waals surface area contributed by atoms with E-state index in [2.05, 4.69) is 40.2 Å². The molecule has 0 unspecified atom stereocenters. The molecule has 1 heterocycles. The molecule has 3 aromatic carbocycles. The third kappa shape index (κ3) is 4.57. The van der Waals surface area contributed by atoms with E-state index in [9.17, 15) is 4.79 Å². The number of benzene rings is 3. The van der Waals surface area contributed by atoms with Gasteiger partial charge in [-0.05, 0) is 67.4 Å². The molecule has 0 fully saturated rings. The van der Waals surface area contributed by atoms with Gasteiger partial charge >= 0.3 is 0 Å². The summed E-state index contributed by atoms with van der Waals surface area (Å²) in [4.78, 5) is 12.5. The van der Waals surface area contributed by atoms with Crippen molar-refractivity contribution in [3.8, 4) is 11.4 Å². The zero-order valence-corrected chi connectivity index (χ0v) is 18.6. The smallest absolute Gasteiger partial charge is 0.244 e. The number of carbonyl (C=O) groups excluding carboxylic acids is 1. The summed E-state index contributed by atoms with van der Waals surface area (Å²) in [6.45, 7) is 6.72. The van der Waals surface area contributed by atoms with Crippen molar-refractivity contribution in [1.82, 2.24) is 9.99 Å². The topological polar surface area (TPSA) is 55.6 Å². The van der Waals surface area contributed by atoms with Crippen molar-refractivity contribution in [2.45, 2.75) is 27.2 Å². The van der Waals surface area contributed by atoms with Crippen LogP contribution < -0.4 is 10.2 Å². The Kier molecular flexibility index (Phi) is 6.36. The molecular weight excluding hydrogens is 398 g/mol. The number of amides is 1. The molecule has 0 aliphatic heterocycles. The van der Waals surface area contributed by atoms with Crippen molar-refractivity contribution in [2.24, 2.45) is 5.10 Å². The van der Waals surface area contributed by atoms with E-state index in [1.165, 1.54) is 0 Å². The second kappa shape index (κ2) is 9.52. The molecule has 0 saturated carbocycles. The standard InChI is InChI=1S/C27H27N3O2/c1-4-32-25-14-12-24(13-15-25)30-19(2)16-23(20(30)3)18-28-29-27(31)17-22-10-7-9-21-8-5-6-11-26(21)22/h5-16,18H,4,17H2,1-3H3,(H,29,31)/b28-18-. The minimum Gasteiger partial charge on any atom is -0.494 e. The van der Waals surface area contributed by atoms with Gasteiger partial charge in [0.05, 0.1) is 19.2 Å². The zero-order valence-electron chi connectivity index (χ0n) is 18.6. The van der Waals surface area contributed by atoms with Crippen molar-refractivity contribution in [2.75, 3.05) is 6.61 Å². The summed E-state index contributed by atoms with van der Waals surface area (Å²) in [6, 6.07) is 24.2. The highest BCUT2D eigenvalue weighted by molar-refractivity contribution is 5.90. The number of ether oxygens (including phenoxy) is 1. The van der Waals surface area contributed by atoms with Gasteiger partial charge in [0.15, 0.2) is 0 Å². The molecule has 0 radical (unpaired) electrons. The first kappa shape index (κ1) is 21.4. The van der Waals surface area contributed by atoms with Gasteiger partial charge in [-0.25, -0.2) is 5.43 Å². The quantitative estimate of drug-likeness (QED) is 0.321. The van der Waals surface area contributed by atoms with Crippen LogP contribution in [0.3, 0.4) is 0 Å². The second-order valence-electron chi connectivity index (χ2n) is 7.70. The highest BCUT2D eigenvalue weighted by Gasteiger charge is 2.10. The molecule has 0 spiro atoms. The van der Waals surface area contributed by atoms with Crippen molar-refractivity contribution >= 4 is 22.9 Å². The molecule has 0 saturated heterocycles. The minimum atomic E-state index is -0.141. The van der Waals surface area contributed by atoms with E-state index in [1.54, 1.807) is 6.21 Å². The molecule has 4 aromatic rings. The van der Waals surface area contributed by atoms with Gasteiger partial charge in [0.25, 0.3) is 0 Å². The van der Waals surface area contributed by atoms with E-state index in [0.717, 1.165) is 44.7 Å². The fourth-order valence-corrected chi connectivity index (χ4v) is 4.01. The molecule has 1 aromatic heterocycles. The van der Waals surface area contributed by atoms with Gasteiger partial charge in [0.1, 0.15) is 5.75 Å². The molecule has 0 aliphatic rings. The van der Waals surface area contributed by atoms with Crippen LogP contribution in [-0.2, 0) is 11.2 Å². The molecule has 4 rings (SSSR count). The molecule has 5 nitrogen and oxygen atoms in total. The number of hydrogen-bond donors (Lipinski definition) is 1. The number of fused-ring (bicyclic) bond motifs is 1. The lowest BCUT2D eigenvalue weighted by Crippen LogP contribution is -2.19. The summed E-state index contributed by atoms with van der Waals surface area (Å²) >= 11 is 0. The van der Waals surface area contributed by atoms with Crippen LogP contribution >= 0.6 is 0 Å². The first-order chi connectivity index (χ1) is 15.6. The molecule has 0 atom stereocenters. The van der Waals surface area contributed by atoms with E-state index in [1.807, 2.05) is 68.4 Å². The first-order valence-electron chi connectivity index (χ1n) is 10.8. The number of hydrazone groups is 1. The van der Waals surface area contributed by atoms with Crippen molar-refractivity contribution < 1.29 is 9.53 Å². The highest BCUT2D eigenvalue weighted by Crippen LogP contribution is 2.22. The summed E-state index contributed by atoms with van der Waals surface area (Å²) in [5.41, 5.74) is 7.82.